The van der Waals surface area contributed by atoms with E-state index >= 15 is 0 Å². The Hall–Kier alpha value is -2.28. The molecular weight excluding hydrogens is 304 g/mol. The highest BCUT2D eigenvalue weighted by Gasteiger charge is 2.33. The molecule has 1 atom stereocenters. The largest absolute Gasteiger partial charge is 0.478 e. The van der Waals surface area contributed by atoms with Gasteiger partial charge < -0.3 is 10.4 Å². The Morgan fingerprint density at radius 1 is 1.36 bits per heavy atom. The summed E-state index contributed by atoms with van der Waals surface area (Å²) in [5.74, 6) is -1.53. The number of carboxylic acid groups (broad SMARTS) is 1. The van der Waals surface area contributed by atoms with Gasteiger partial charge in [-0.15, -0.1) is 11.8 Å². The van der Waals surface area contributed by atoms with E-state index < -0.39 is 16.8 Å². The molecule has 0 aromatic heterocycles. The number of allylic oxidation sites excluding steroid dienone is 3. The summed E-state index contributed by atoms with van der Waals surface area (Å²) in [7, 11) is 0. The minimum Gasteiger partial charge on any atom is -0.478 e. The van der Waals surface area contributed by atoms with Crippen molar-refractivity contribution < 1.29 is 14.8 Å². The fourth-order valence-corrected chi connectivity index (χ4v) is 3.51. The van der Waals surface area contributed by atoms with Crippen LogP contribution in [0.4, 0.5) is 5.69 Å². The zero-order valence-corrected chi connectivity index (χ0v) is 13.2. The molecule has 1 aliphatic rings. The molecule has 2 N–H and O–H groups in total. The minimum absolute atomic E-state index is 0.0449. The summed E-state index contributed by atoms with van der Waals surface area (Å²) >= 11 is 1.44. The lowest BCUT2D eigenvalue weighted by Crippen LogP contribution is -2.27. The number of benzene rings is 1. The van der Waals surface area contributed by atoms with Gasteiger partial charge in [0, 0.05) is 28.4 Å². The van der Waals surface area contributed by atoms with Gasteiger partial charge in [0.25, 0.3) is 5.69 Å². The first kappa shape index (κ1) is 16.1. The van der Waals surface area contributed by atoms with Gasteiger partial charge in [-0.3, -0.25) is 10.1 Å². The number of carboxylic acids is 1. The number of aliphatic carboxylic acids is 1. The first-order valence-corrected chi connectivity index (χ1v) is 7.79. The van der Waals surface area contributed by atoms with E-state index in [9.17, 15) is 20.0 Å². The summed E-state index contributed by atoms with van der Waals surface area (Å²) in [5, 5.41) is 23.6. The molecule has 116 valence electrons. The van der Waals surface area contributed by atoms with Crippen LogP contribution in [0.5, 0.6) is 0 Å². The Morgan fingerprint density at radius 3 is 2.59 bits per heavy atom. The third-order valence-corrected chi connectivity index (χ3v) is 4.55. The highest BCUT2D eigenvalue weighted by molar-refractivity contribution is 8.02. The molecule has 0 fully saturated rings. The Kier molecular flexibility index (Phi) is 4.56. The first-order valence-electron chi connectivity index (χ1n) is 6.57. The molecule has 1 aliphatic heterocycles. The molecule has 1 aromatic rings. The van der Waals surface area contributed by atoms with Gasteiger partial charge in [-0.1, -0.05) is 12.1 Å². The smallest absolute Gasteiger partial charge is 0.334 e. The lowest BCUT2D eigenvalue weighted by atomic mass is 9.86. The van der Waals surface area contributed by atoms with Crippen LogP contribution < -0.4 is 5.32 Å². The molecule has 0 amide bonds. The average molecular weight is 320 g/mol. The fraction of sp³-hybridized carbons (Fsp3) is 0.267. The van der Waals surface area contributed by atoms with Crippen LogP contribution in [0.15, 0.2) is 46.1 Å². The molecular formula is C15H16N2O4S. The van der Waals surface area contributed by atoms with Gasteiger partial charge in [0.1, 0.15) is 0 Å². The van der Waals surface area contributed by atoms with Gasteiger partial charge in [0.2, 0.25) is 0 Å². The summed E-state index contributed by atoms with van der Waals surface area (Å²) in [6, 6.07) is 6.15. The Labute approximate surface area is 132 Å². The zero-order valence-electron chi connectivity index (χ0n) is 12.4. The van der Waals surface area contributed by atoms with Crippen molar-refractivity contribution in [2.24, 2.45) is 0 Å². The molecule has 7 heteroatoms. The third-order valence-electron chi connectivity index (χ3n) is 3.56. The Balaban J connectivity index is 2.65. The van der Waals surface area contributed by atoms with Gasteiger partial charge in [0.15, 0.2) is 0 Å². The van der Waals surface area contributed by atoms with Gasteiger partial charge in [-0.05, 0) is 25.7 Å². The van der Waals surface area contributed by atoms with Crippen LogP contribution in [0.2, 0.25) is 0 Å². The van der Waals surface area contributed by atoms with Crippen molar-refractivity contribution in [1.29, 1.82) is 0 Å². The summed E-state index contributed by atoms with van der Waals surface area (Å²) < 4.78 is 0. The van der Waals surface area contributed by atoms with Crippen molar-refractivity contribution in [3.05, 3.63) is 61.8 Å². The molecule has 22 heavy (non-hydrogen) atoms. The Bertz CT molecular complexity index is 709. The van der Waals surface area contributed by atoms with Gasteiger partial charge >= 0.3 is 5.97 Å². The van der Waals surface area contributed by atoms with Crippen LogP contribution >= 0.6 is 11.8 Å². The highest BCUT2D eigenvalue weighted by Crippen LogP contribution is 2.43. The molecule has 2 rings (SSSR count). The molecule has 0 bridgehead atoms. The Morgan fingerprint density at radius 2 is 2.05 bits per heavy atom. The lowest BCUT2D eigenvalue weighted by molar-refractivity contribution is -0.384. The molecule has 0 saturated heterocycles. The number of carbonyl (C=O) groups is 1. The average Bonchev–Trinajstić information content (AvgIpc) is 2.46. The SMILES string of the molecule is CSC1=C(C)NC(C)=C(C(=O)O)C1c1cccc([N+](=O)[O-])c1. The van der Waals surface area contributed by atoms with E-state index in [4.69, 9.17) is 0 Å². The lowest BCUT2D eigenvalue weighted by Gasteiger charge is -2.29. The zero-order chi connectivity index (χ0) is 16.4. The number of non-ortho nitro benzene ring substituents is 1. The van der Waals surface area contributed by atoms with E-state index in [-0.39, 0.29) is 11.3 Å². The number of nitrogens with zero attached hydrogens (tertiary/aromatic N) is 1. The van der Waals surface area contributed by atoms with Crippen molar-refractivity contribution in [2.75, 3.05) is 6.26 Å². The van der Waals surface area contributed by atoms with E-state index in [1.807, 2.05) is 13.2 Å². The summed E-state index contributed by atoms with van der Waals surface area (Å²) in [5.41, 5.74) is 2.20. The van der Waals surface area contributed by atoms with E-state index in [1.165, 1.54) is 23.9 Å². The molecule has 1 heterocycles. The van der Waals surface area contributed by atoms with Gasteiger partial charge in [-0.2, -0.15) is 0 Å². The molecule has 0 aliphatic carbocycles. The maximum atomic E-state index is 11.7. The predicted molar refractivity (Wildman–Crippen MR) is 85.5 cm³/mol. The van der Waals surface area contributed by atoms with Crippen molar-refractivity contribution in [3.63, 3.8) is 0 Å². The summed E-state index contributed by atoms with van der Waals surface area (Å²) in [4.78, 5) is 23.0. The maximum absolute atomic E-state index is 11.7. The standard InChI is InChI=1S/C15H16N2O4S/c1-8-12(15(18)19)13(14(22-3)9(2)16-8)10-5-4-6-11(7-10)17(20)21/h4-7,13,16H,1-3H3,(H,18,19). The van der Waals surface area contributed by atoms with Gasteiger partial charge in [0.05, 0.1) is 16.4 Å². The normalized spacial score (nSPS) is 18.2. The maximum Gasteiger partial charge on any atom is 0.334 e. The number of nitro benzene ring substituents is 1. The van der Waals surface area contributed by atoms with Crippen LogP contribution in [0, 0.1) is 10.1 Å². The number of rotatable bonds is 4. The predicted octanol–water partition coefficient (Wildman–Crippen LogP) is 3.23. The first-order chi connectivity index (χ1) is 10.4. The van der Waals surface area contributed by atoms with Crippen LogP contribution in [0.25, 0.3) is 0 Å². The number of hydrogen-bond acceptors (Lipinski definition) is 5. The van der Waals surface area contributed by atoms with E-state index in [0.29, 0.717) is 11.3 Å². The quantitative estimate of drug-likeness (QED) is 0.653. The van der Waals surface area contributed by atoms with E-state index in [2.05, 4.69) is 5.32 Å². The number of thioether (sulfide) groups is 1. The molecule has 1 aromatic carbocycles. The van der Waals surface area contributed by atoms with Crippen molar-refractivity contribution >= 4 is 23.4 Å². The third kappa shape index (κ3) is 2.85. The van der Waals surface area contributed by atoms with Crippen molar-refractivity contribution in [1.82, 2.24) is 5.32 Å². The van der Waals surface area contributed by atoms with Gasteiger partial charge in [-0.25, -0.2) is 4.79 Å². The number of nitrogens with one attached hydrogen (secondary N) is 1. The van der Waals surface area contributed by atoms with E-state index in [0.717, 1.165) is 10.6 Å². The molecule has 0 saturated carbocycles. The molecule has 1 unspecified atom stereocenters. The van der Waals surface area contributed by atoms with Crippen molar-refractivity contribution in [3.8, 4) is 0 Å². The number of dihydropyridines is 1. The summed E-state index contributed by atoms with van der Waals surface area (Å²) in [6.45, 7) is 3.58. The minimum atomic E-state index is -1.03. The van der Waals surface area contributed by atoms with E-state index in [1.54, 1.807) is 19.1 Å². The summed E-state index contributed by atoms with van der Waals surface area (Å²) in [6.07, 6.45) is 1.87. The van der Waals surface area contributed by atoms with Crippen molar-refractivity contribution in [2.45, 2.75) is 19.8 Å². The highest BCUT2D eigenvalue weighted by atomic mass is 32.2. The molecule has 0 radical (unpaired) electrons. The fourth-order valence-electron chi connectivity index (χ4n) is 2.67. The van der Waals surface area contributed by atoms with Crippen LogP contribution in [0.3, 0.4) is 0 Å². The van der Waals surface area contributed by atoms with Crippen LogP contribution in [-0.4, -0.2) is 22.3 Å². The topological polar surface area (TPSA) is 92.5 Å². The number of hydrogen-bond donors (Lipinski definition) is 2. The van der Waals surface area contributed by atoms with Crippen LogP contribution in [0.1, 0.15) is 25.3 Å². The second kappa shape index (κ2) is 6.23. The second-order valence-electron chi connectivity index (χ2n) is 4.95. The second-order valence-corrected chi connectivity index (χ2v) is 5.80. The molecule has 0 spiro atoms. The molecule has 6 nitrogen and oxygen atoms in total. The number of nitro groups is 1. The monoisotopic (exact) mass is 320 g/mol. The van der Waals surface area contributed by atoms with Crippen LogP contribution in [-0.2, 0) is 4.79 Å².